The van der Waals surface area contributed by atoms with E-state index in [1.807, 2.05) is 43.3 Å². The molecule has 1 amide bonds. The van der Waals surface area contributed by atoms with Gasteiger partial charge in [-0.15, -0.1) is 11.3 Å². The van der Waals surface area contributed by atoms with Gasteiger partial charge in [0.2, 0.25) is 0 Å². The Morgan fingerprint density at radius 1 is 1.28 bits per heavy atom. The molecule has 0 aliphatic carbocycles. The lowest BCUT2D eigenvalue weighted by Crippen LogP contribution is -2.25. The summed E-state index contributed by atoms with van der Waals surface area (Å²) in [5, 5.41) is 2.98. The molecular formula is C13H11Br2NOS. The molecule has 0 unspecified atom stereocenters. The van der Waals surface area contributed by atoms with Gasteiger partial charge in [0.1, 0.15) is 0 Å². The van der Waals surface area contributed by atoms with Crippen LogP contribution in [-0.2, 0) is 0 Å². The molecule has 5 heteroatoms. The minimum absolute atomic E-state index is 0.00153. The summed E-state index contributed by atoms with van der Waals surface area (Å²) in [7, 11) is 0. The smallest absolute Gasteiger partial charge is 0.261 e. The van der Waals surface area contributed by atoms with E-state index in [0.717, 1.165) is 13.8 Å². The third-order valence-corrected chi connectivity index (χ3v) is 5.77. The fourth-order valence-electron chi connectivity index (χ4n) is 1.55. The van der Waals surface area contributed by atoms with Crippen molar-refractivity contribution < 1.29 is 4.79 Å². The number of hydrogen-bond acceptors (Lipinski definition) is 2. The van der Waals surface area contributed by atoms with Crippen molar-refractivity contribution in [3.8, 4) is 0 Å². The lowest BCUT2D eigenvalue weighted by atomic mass is 10.1. The molecule has 0 spiro atoms. The van der Waals surface area contributed by atoms with Crippen LogP contribution >= 0.6 is 43.2 Å². The summed E-state index contributed by atoms with van der Waals surface area (Å²) in [5.41, 5.74) is 1.10. The predicted molar refractivity (Wildman–Crippen MR) is 82.0 cm³/mol. The molecule has 0 fully saturated rings. The number of nitrogens with one attached hydrogen (secondary N) is 1. The molecule has 0 bridgehead atoms. The molecule has 1 aromatic heterocycles. The van der Waals surface area contributed by atoms with Gasteiger partial charge in [-0.05, 0) is 50.4 Å². The normalized spacial score (nSPS) is 12.2. The van der Waals surface area contributed by atoms with E-state index in [2.05, 4.69) is 37.2 Å². The maximum absolute atomic E-state index is 12.1. The highest BCUT2D eigenvalue weighted by atomic mass is 79.9. The van der Waals surface area contributed by atoms with E-state index >= 15 is 0 Å². The first-order valence-electron chi connectivity index (χ1n) is 5.38. The summed E-state index contributed by atoms with van der Waals surface area (Å²) in [6, 6.07) is 11.7. The fourth-order valence-corrected chi connectivity index (χ4v) is 3.49. The Balaban J connectivity index is 2.08. The van der Waals surface area contributed by atoms with Gasteiger partial charge in [-0.1, -0.05) is 30.3 Å². The highest BCUT2D eigenvalue weighted by Crippen LogP contribution is 2.32. The number of thiophene rings is 1. The second-order valence-corrected chi connectivity index (χ2v) is 7.06. The molecule has 2 rings (SSSR count). The Kier molecular flexibility index (Phi) is 4.59. The zero-order valence-electron chi connectivity index (χ0n) is 9.61. The quantitative estimate of drug-likeness (QED) is 0.806. The first-order chi connectivity index (χ1) is 8.58. The molecule has 0 saturated carbocycles. The van der Waals surface area contributed by atoms with E-state index < -0.39 is 0 Å². The maximum Gasteiger partial charge on any atom is 0.261 e. The third kappa shape index (κ3) is 3.22. The molecule has 1 atom stereocenters. The molecule has 18 heavy (non-hydrogen) atoms. The van der Waals surface area contributed by atoms with E-state index in [-0.39, 0.29) is 11.9 Å². The molecule has 0 saturated heterocycles. The summed E-state index contributed by atoms with van der Waals surface area (Å²) in [5.74, 6) is -0.0530. The van der Waals surface area contributed by atoms with Gasteiger partial charge in [0.25, 0.3) is 5.91 Å². The van der Waals surface area contributed by atoms with Gasteiger partial charge < -0.3 is 5.32 Å². The SMILES string of the molecule is C[C@H](NC(=O)c1cc(Br)c(Br)s1)c1ccccc1. The van der Waals surface area contributed by atoms with Crippen molar-refractivity contribution in [1.82, 2.24) is 5.32 Å². The number of halogens is 2. The van der Waals surface area contributed by atoms with E-state index in [4.69, 9.17) is 0 Å². The van der Waals surface area contributed by atoms with Gasteiger partial charge in [0.05, 0.1) is 14.7 Å². The zero-order valence-corrected chi connectivity index (χ0v) is 13.6. The first kappa shape index (κ1) is 13.8. The van der Waals surface area contributed by atoms with E-state index in [1.54, 1.807) is 0 Å². The summed E-state index contributed by atoms with van der Waals surface area (Å²) in [6.07, 6.45) is 0. The largest absolute Gasteiger partial charge is 0.345 e. The number of hydrogen-bond donors (Lipinski definition) is 1. The van der Waals surface area contributed by atoms with Gasteiger partial charge in [0, 0.05) is 4.47 Å². The average Bonchev–Trinajstić information content (AvgIpc) is 2.71. The molecule has 1 N–H and O–H groups in total. The van der Waals surface area contributed by atoms with Crippen LogP contribution in [0.4, 0.5) is 0 Å². The molecule has 2 nitrogen and oxygen atoms in total. The minimum atomic E-state index is -0.0530. The topological polar surface area (TPSA) is 29.1 Å². The van der Waals surface area contributed by atoms with Gasteiger partial charge in [-0.3, -0.25) is 4.79 Å². The van der Waals surface area contributed by atoms with Crippen LogP contribution in [0.3, 0.4) is 0 Å². The van der Waals surface area contributed by atoms with Crippen LogP contribution in [0.15, 0.2) is 44.7 Å². The van der Waals surface area contributed by atoms with Crippen molar-refractivity contribution in [2.75, 3.05) is 0 Å². The third-order valence-electron chi connectivity index (χ3n) is 2.52. The number of benzene rings is 1. The van der Waals surface area contributed by atoms with E-state index in [0.29, 0.717) is 4.88 Å². The molecule has 94 valence electrons. The van der Waals surface area contributed by atoms with Gasteiger partial charge >= 0.3 is 0 Å². The summed E-state index contributed by atoms with van der Waals surface area (Å²) in [6.45, 7) is 1.98. The Hall–Kier alpha value is -0.650. The standard InChI is InChI=1S/C13H11Br2NOS/c1-8(9-5-3-2-4-6-9)16-13(17)11-7-10(14)12(15)18-11/h2-8H,1H3,(H,16,17)/t8-/m0/s1. The monoisotopic (exact) mass is 387 g/mol. The fraction of sp³-hybridized carbons (Fsp3) is 0.154. The minimum Gasteiger partial charge on any atom is -0.345 e. The second-order valence-electron chi connectivity index (χ2n) is 3.84. The Morgan fingerprint density at radius 2 is 1.94 bits per heavy atom. The second kappa shape index (κ2) is 5.99. The van der Waals surface area contributed by atoms with Gasteiger partial charge in [0.15, 0.2) is 0 Å². The van der Waals surface area contributed by atoms with Gasteiger partial charge in [-0.25, -0.2) is 0 Å². The van der Waals surface area contributed by atoms with Crippen LogP contribution in [-0.4, -0.2) is 5.91 Å². The number of rotatable bonds is 3. The lowest BCUT2D eigenvalue weighted by molar-refractivity contribution is 0.0944. The predicted octanol–water partition coefficient (Wildman–Crippen LogP) is 4.76. The zero-order chi connectivity index (χ0) is 13.1. The van der Waals surface area contributed by atoms with E-state index in [1.165, 1.54) is 11.3 Å². The molecule has 2 aromatic rings. The number of amides is 1. The number of carbonyl (C=O) groups excluding carboxylic acids is 1. The van der Waals surface area contributed by atoms with Crippen LogP contribution in [0.2, 0.25) is 0 Å². The van der Waals surface area contributed by atoms with E-state index in [9.17, 15) is 4.79 Å². The van der Waals surface area contributed by atoms with Crippen molar-refractivity contribution in [2.45, 2.75) is 13.0 Å². The molecule has 1 heterocycles. The Labute approximate surface area is 127 Å². The molecular weight excluding hydrogens is 378 g/mol. The maximum atomic E-state index is 12.1. The van der Waals surface area contributed by atoms with Crippen molar-refractivity contribution in [3.63, 3.8) is 0 Å². The van der Waals surface area contributed by atoms with Crippen LogP contribution in [0.1, 0.15) is 28.2 Å². The average molecular weight is 389 g/mol. The van der Waals surface area contributed by atoms with Crippen molar-refractivity contribution >= 4 is 49.1 Å². The van der Waals surface area contributed by atoms with Gasteiger partial charge in [-0.2, -0.15) is 0 Å². The Morgan fingerprint density at radius 3 is 2.50 bits per heavy atom. The molecule has 0 aliphatic rings. The Bertz CT molecular complexity index is 534. The lowest BCUT2D eigenvalue weighted by Gasteiger charge is -2.13. The summed E-state index contributed by atoms with van der Waals surface area (Å²) >= 11 is 8.18. The highest BCUT2D eigenvalue weighted by Gasteiger charge is 2.14. The van der Waals surface area contributed by atoms with Crippen LogP contribution < -0.4 is 5.32 Å². The summed E-state index contributed by atoms with van der Waals surface area (Å²) < 4.78 is 1.84. The molecule has 0 aliphatic heterocycles. The highest BCUT2D eigenvalue weighted by molar-refractivity contribution is 9.13. The van der Waals surface area contributed by atoms with Crippen molar-refractivity contribution in [2.24, 2.45) is 0 Å². The van der Waals surface area contributed by atoms with Crippen LogP contribution in [0.25, 0.3) is 0 Å². The van der Waals surface area contributed by atoms with Crippen molar-refractivity contribution in [1.29, 1.82) is 0 Å². The van der Waals surface area contributed by atoms with Crippen LogP contribution in [0, 0.1) is 0 Å². The first-order valence-corrected chi connectivity index (χ1v) is 7.79. The van der Waals surface area contributed by atoms with Crippen LogP contribution in [0.5, 0.6) is 0 Å². The summed E-state index contributed by atoms with van der Waals surface area (Å²) in [4.78, 5) is 12.7. The number of carbonyl (C=O) groups is 1. The van der Waals surface area contributed by atoms with Crippen molar-refractivity contribution in [3.05, 3.63) is 55.1 Å². The molecule has 1 aromatic carbocycles. The molecule has 0 radical (unpaired) electrons.